The van der Waals surface area contributed by atoms with E-state index in [2.05, 4.69) is 13.8 Å². The van der Waals surface area contributed by atoms with E-state index in [9.17, 15) is 14.4 Å². The van der Waals surface area contributed by atoms with Crippen molar-refractivity contribution in [3.8, 4) is 0 Å². The summed E-state index contributed by atoms with van der Waals surface area (Å²) in [5, 5.41) is 0. The van der Waals surface area contributed by atoms with Crippen molar-refractivity contribution in [2.75, 3.05) is 6.54 Å². The molecule has 4 heteroatoms. The summed E-state index contributed by atoms with van der Waals surface area (Å²) in [6, 6.07) is 6.94. The molecular weight excluding hydrogens is 302 g/mol. The Bertz CT molecular complexity index is 611. The van der Waals surface area contributed by atoms with Gasteiger partial charge in [-0.05, 0) is 30.9 Å². The van der Waals surface area contributed by atoms with Gasteiger partial charge in [0.15, 0.2) is 0 Å². The van der Waals surface area contributed by atoms with E-state index < -0.39 is 0 Å². The molecule has 0 aromatic heterocycles. The van der Waals surface area contributed by atoms with Crippen molar-refractivity contribution >= 4 is 17.6 Å². The number of hydrogen-bond acceptors (Lipinski definition) is 3. The van der Waals surface area contributed by atoms with E-state index in [4.69, 9.17) is 0 Å². The van der Waals surface area contributed by atoms with Crippen molar-refractivity contribution in [3.63, 3.8) is 0 Å². The lowest BCUT2D eigenvalue weighted by atomic mass is 9.76. The van der Waals surface area contributed by atoms with Crippen molar-refractivity contribution in [1.29, 1.82) is 0 Å². The normalized spacial score (nSPS) is 14.5. The number of imide groups is 1. The molecule has 1 aromatic carbocycles. The zero-order valence-corrected chi connectivity index (χ0v) is 15.1. The smallest absolute Gasteiger partial charge is 0.261 e. The topological polar surface area (TPSA) is 54.5 Å². The van der Waals surface area contributed by atoms with Crippen LogP contribution in [0.1, 0.15) is 74.1 Å². The molecule has 0 fully saturated rings. The van der Waals surface area contributed by atoms with Crippen LogP contribution in [0.25, 0.3) is 0 Å². The Balaban J connectivity index is 1.77. The summed E-state index contributed by atoms with van der Waals surface area (Å²) in [6.07, 6.45) is 2.94. The van der Waals surface area contributed by atoms with Gasteiger partial charge in [0.05, 0.1) is 11.1 Å². The number of rotatable bonds is 8. The van der Waals surface area contributed by atoms with E-state index in [1.807, 2.05) is 13.8 Å². The molecule has 0 unspecified atom stereocenters. The van der Waals surface area contributed by atoms with Crippen LogP contribution in [0.2, 0.25) is 0 Å². The molecule has 0 N–H and O–H groups in total. The van der Waals surface area contributed by atoms with Crippen molar-refractivity contribution in [3.05, 3.63) is 35.4 Å². The molecule has 24 heavy (non-hydrogen) atoms. The number of ketones is 1. The molecule has 1 heterocycles. The summed E-state index contributed by atoms with van der Waals surface area (Å²) >= 11 is 0. The van der Waals surface area contributed by atoms with Crippen molar-refractivity contribution in [2.24, 2.45) is 11.3 Å². The summed E-state index contributed by atoms with van der Waals surface area (Å²) < 4.78 is 0. The van der Waals surface area contributed by atoms with Gasteiger partial charge < -0.3 is 0 Å². The third-order valence-electron chi connectivity index (χ3n) is 5.33. The van der Waals surface area contributed by atoms with Gasteiger partial charge in [0.1, 0.15) is 5.78 Å². The number of carbonyl (C=O) groups excluding carboxylic acids is 3. The summed E-state index contributed by atoms with van der Waals surface area (Å²) in [7, 11) is 0. The summed E-state index contributed by atoms with van der Waals surface area (Å²) in [5.41, 5.74) is 0.704. The number of nitrogens with zero attached hydrogens (tertiary/aromatic N) is 1. The van der Waals surface area contributed by atoms with Crippen molar-refractivity contribution in [1.82, 2.24) is 4.90 Å². The second-order valence-corrected chi connectivity index (χ2v) is 7.42. The first-order valence-corrected chi connectivity index (χ1v) is 8.75. The summed E-state index contributed by atoms with van der Waals surface area (Å²) in [4.78, 5) is 38.1. The van der Waals surface area contributed by atoms with Crippen molar-refractivity contribution < 1.29 is 14.4 Å². The molecule has 2 rings (SSSR count). The Morgan fingerprint density at radius 3 is 2.04 bits per heavy atom. The van der Waals surface area contributed by atoms with Gasteiger partial charge in [-0.25, -0.2) is 0 Å². The maximum absolute atomic E-state index is 12.3. The third-order valence-corrected chi connectivity index (χ3v) is 5.33. The SMILES string of the molecule is CC(C)C(C)(C)C(=O)CCCCCN1C(=O)c2ccccc2C1=O. The zero-order valence-electron chi connectivity index (χ0n) is 15.1. The first kappa shape index (κ1) is 18.4. The zero-order chi connectivity index (χ0) is 17.9. The minimum atomic E-state index is -0.289. The molecule has 1 aliphatic rings. The van der Waals surface area contributed by atoms with Crippen LogP contribution < -0.4 is 0 Å². The highest BCUT2D eigenvalue weighted by Crippen LogP contribution is 2.29. The predicted octanol–water partition coefficient (Wildman–Crippen LogP) is 4.09. The Kier molecular flexibility index (Phi) is 5.58. The average molecular weight is 329 g/mol. The number of amides is 2. The number of benzene rings is 1. The Morgan fingerprint density at radius 2 is 1.54 bits per heavy atom. The largest absolute Gasteiger partial charge is 0.299 e. The minimum Gasteiger partial charge on any atom is -0.299 e. The first-order chi connectivity index (χ1) is 11.3. The fourth-order valence-corrected chi connectivity index (χ4v) is 2.82. The second-order valence-electron chi connectivity index (χ2n) is 7.42. The third kappa shape index (κ3) is 3.58. The van der Waals surface area contributed by atoms with Crippen LogP contribution in [0.15, 0.2) is 24.3 Å². The van der Waals surface area contributed by atoms with E-state index >= 15 is 0 Å². The van der Waals surface area contributed by atoms with Gasteiger partial charge in [0.25, 0.3) is 11.8 Å². The maximum atomic E-state index is 12.3. The van der Waals surface area contributed by atoms with Gasteiger partial charge in [0.2, 0.25) is 0 Å². The molecule has 4 nitrogen and oxygen atoms in total. The van der Waals surface area contributed by atoms with E-state index in [0.29, 0.717) is 35.8 Å². The molecule has 0 bridgehead atoms. The van der Waals surface area contributed by atoms with Crippen molar-refractivity contribution in [2.45, 2.75) is 53.4 Å². The lowest BCUT2D eigenvalue weighted by Gasteiger charge is -2.27. The van der Waals surface area contributed by atoms with Gasteiger partial charge in [0, 0.05) is 18.4 Å². The number of fused-ring (bicyclic) bond motifs is 1. The standard InChI is InChI=1S/C20H27NO3/c1-14(2)20(3,4)17(22)12-6-5-9-13-21-18(23)15-10-7-8-11-16(15)19(21)24/h7-8,10-11,14H,5-6,9,12-13H2,1-4H3. The van der Waals surface area contributed by atoms with Crippen LogP contribution in [0.5, 0.6) is 0 Å². The molecule has 0 saturated carbocycles. The molecule has 0 radical (unpaired) electrons. The van der Waals surface area contributed by atoms with E-state index in [1.54, 1.807) is 24.3 Å². The summed E-state index contributed by atoms with van der Waals surface area (Å²) in [6.45, 7) is 8.56. The quantitative estimate of drug-likeness (QED) is 0.533. The number of carbonyl (C=O) groups is 3. The lowest BCUT2D eigenvalue weighted by molar-refractivity contribution is -0.129. The van der Waals surface area contributed by atoms with Crippen LogP contribution in [-0.2, 0) is 4.79 Å². The minimum absolute atomic E-state index is 0.201. The van der Waals surface area contributed by atoms with Crippen LogP contribution in [-0.4, -0.2) is 29.0 Å². The van der Waals surface area contributed by atoms with E-state index in [1.165, 1.54) is 4.90 Å². The molecule has 1 aliphatic heterocycles. The van der Waals surface area contributed by atoms with Crippen LogP contribution in [0.3, 0.4) is 0 Å². The average Bonchev–Trinajstić information content (AvgIpc) is 2.79. The molecule has 130 valence electrons. The number of Topliss-reactive ketones (excluding diaryl/α,β-unsaturated/α-hetero) is 1. The number of unbranched alkanes of at least 4 members (excludes halogenated alkanes) is 2. The van der Waals surface area contributed by atoms with Gasteiger partial charge in [-0.1, -0.05) is 46.2 Å². The fraction of sp³-hybridized carbons (Fsp3) is 0.550. The monoisotopic (exact) mass is 329 g/mol. The van der Waals surface area contributed by atoms with E-state index in [-0.39, 0.29) is 17.2 Å². The van der Waals surface area contributed by atoms with Gasteiger partial charge >= 0.3 is 0 Å². The molecule has 0 spiro atoms. The first-order valence-electron chi connectivity index (χ1n) is 8.75. The Hall–Kier alpha value is -1.97. The van der Waals surface area contributed by atoms with Gasteiger partial charge in [-0.15, -0.1) is 0 Å². The molecule has 0 atom stereocenters. The van der Waals surface area contributed by atoms with Crippen LogP contribution in [0.4, 0.5) is 0 Å². The van der Waals surface area contributed by atoms with Crippen LogP contribution in [0, 0.1) is 11.3 Å². The lowest BCUT2D eigenvalue weighted by Crippen LogP contribution is -2.31. The second kappa shape index (κ2) is 7.29. The maximum Gasteiger partial charge on any atom is 0.261 e. The highest BCUT2D eigenvalue weighted by Gasteiger charge is 2.34. The Labute approximate surface area is 144 Å². The fourth-order valence-electron chi connectivity index (χ4n) is 2.82. The molecular formula is C20H27NO3. The molecule has 1 aromatic rings. The molecule has 0 saturated heterocycles. The number of hydrogen-bond donors (Lipinski definition) is 0. The predicted molar refractivity (Wildman–Crippen MR) is 93.9 cm³/mol. The van der Waals surface area contributed by atoms with Gasteiger partial charge in [-0.2, -0.15) is 0 Å². The van der Waals surface area contributed by atoms with E-state index in [0.717, 1.165) is 19.3 Å². The molecule has 2 amide bonds. The highest BCUT2D eigenvalue weighted by molar-refractivity contribution is 6.21. The molecule has 0 aliphatic carbocycles. The summed E-state index contributed by atoms with van der Waals surface area (Å²) in [5.74, 6) is 0.210. The van der Waals surface area contributed by atoms with Crippen LogP contribution >= 0.6 is 0 Å². The Morgan fingerprint density at radius 1 is 1.00 bits per heavy atom. The van der Waals surface area contributed by atoms with Gasteiger partial charge in [-0.3, -0.25) is 19.3 Å². The highest BCUT2D eigenvalue weighted by atomic mass is 16.2.